The van der Waals surface area contributed by atoms with Crippen molar-refractivity contribution in [1.29, 1.82) is 0 Å². The molecule has 90 valence electrons. The fourth-order valence-corrected chi connectivity index (χ4v) is 2.43. The topological polar surface area (TPSA) is 30.7 Å². The number of rotatable bonds is 1. The second-order valence-corrected chi connectivity index (χ2v) is 5.20. The van der Waals surface area contributed by atoms with Crippen molar-refractivity contribution in [3.8, 4) is 5.82 Å². The Labute approximate surface area is 114 Å². The molecule has 3 aromatic rings. The predicted octanol–water partition coefficient (Wildman–Crippen LogP) is 3.80. The molecule has 2 aromatic heterocycles. The molecule has 0 saturated heterocycles. The summed E-state index contributed by atoms with van der Waals surface area (Å²) in [6.07, 6.45) is 3.60. The highest BCUT2D eigenvalue weighted by Crippen LogP contribution is 2.24. The number of hydrogen-bond donors (Lipinski definition) is 0. The summed E-state index contributed by atoms with van der Waals surface area (Å²) >= 11 is 3.53. The molecule has 18 heavy (non-hydrogen) atoms. The van der Waals surface area contributed by atoms with E-state index in [-0.39, 0.29) is 0 Å². The first-order chi connectivity index (χ1) is 8.66. The lowest BCUT2D eigenvalue weighted by Crippen LogP contribution is -1.96. The Morgan fingerprint density at radius 2 is 1.89 bits per heavy atom. The average Bonchev–Trinajstić information content (AvgIpc) is 2.73. The molecule has 0 aliphatic heterocycles. The molecule has 4 heteroatoms. The lowest BCUT2D eigenvalue weighted by atomic mass is 10.1. The van der Waals surface area contributed by atoms with Crippen LogP contribution >= 0.6 is 15.9 Å². The van der Waals surface area contributed by atoms with Crippen LogP contribution in [0.1, 0.15) is 11.1 Å². The van der Waals surface area contributed by atoms with Crippen LogP contribution in [0.15, 0.2) is 41.3 Å². The number of nitrogens with zero attached hydrogens (tertiary/aromatic N) is 3. The van der Waals surface area contributed by atoms with Gasteiger partial charge in [0.05, 0.1) is 15.5 Å². The third-order valence-electron chi connectivity index (χ3n) is 3.13. The van der Waals surface area contributed by atoms with E-state index in [0.29, 0.717) is 0 Å². The average molecular weight is 302 g/mol. The SMILES string of the molecule is Cc1cc2ncn(-c3ncccc3Br)c2cc1C. The molecule has 0 saturated carbocycles. The highest BCUT2D eigenvalue weighted by Gasteiger charge is 2.09. The van der Waals surface area contributed by atoms with Crippen molar-refractivity contribution in [3.63, 3.8) is 0 Å². The number of aromatic nitrogens is 3. The van der Waals surface area contributed by atoms with Gasteiger partial charge in [-0.25, -0.2) is 9.97 Å². The Kier molecular flexibility index (Phi) is 2.67. The first-order valence-electron chi connectivity index (χ1n) is 5.72. The van der Waals surface area contributed by atoms with Crippen LogP contribution in [0.25, 0.3) is 16.9 Å². The van der Waals surface area contributed by atoms with E-state index in [1.807, 2.05) is 23.0 Å². The van der Waals surface area contributed by atoms with Gasteiger partial charge in [-0.15, -0.1) is 0 Å². The van der Waals surface area contributed by atoms with Gasteiger partial charge in [0.2, 0.25) is 0 Å². The maximum atomic E-state index is 4.44. The number of imidazole rings is 1. The van der Waals surface area contributed by atoms with Crippen molar-refractivity contribution in [2.24, 2.45) is 0 Å². The molecule has 0 spiro atoms. The van der Waals surface area contributed by atoms with Gasteiger partial charge in [-0.1, -0.05) is 0 Å². The smallest absolute Gasteiger partial charge is 0.152 e. The molecular weight excluding hydrogens is 290 g/mol. The minimum Gasteiger partial charge on any atom is -0.282 e. The number of halogens is 1. The van der Waals surface area contributed by atoms with Gasteiger partial charge in [-0.3, -0.25) is 4.57 Å². The fraction of sp³-hybridized carbons (Fsp3) is 0.143. The van der Waals surface area contributed by atoms with Crippen molar-refractivity contribution >= 4 is 27.0 Å². The van der Waals surface area contributed by atoms with Crippen LogP contribution in [0.4, 0.5) is 0 Å². The maximum Gasteiger partial charge on any atom is 0.152 e. The molecule has 3 nitrogen and oxygen atoms in total. The Morgan fingerprint density at radius 1 is 1.11 bits per heavy atom. The van der Waals surface area contributed by atoms with E-state index < -0.39 is 0 Å². The van der Waals surface area contributed by atoms with Gasteiger partial charge < -0.3 is 0 Å². The molecule has 0 atom stereocenters. The van der Waals surface area contributed by atoms with Crippen LogP contribution in [0.2, 0.25) is 0 Å². The molecule has 0 aliphatic carbocycles. The van der Waals surface area contributed by atoms with Gasteiger partial charge in [0.15, 0.2) is 5.82 Å². The Hall–Kier alpha value is -1.68. The van der Waals surface area contributed by atoms with E-state index in [1.54, 1.807) is 6.20 Å². The number of benzene rings is 1. The van der Waals surface area contributed by atoms with Gasteiger partial charge in [0.1, 0.15) is 6.33 Å². The maximum absolute atomic E-state index is 4.44. The summed E-state index contributed by atoms with van der Waals surface area (Å²) in [4.78, 5) is 8.84. The van der Waals surface area contributed by atoms with E-state index >= 15 is 0 Å². The summed E-state index contributed by atoms with van der Waals surface area (Å²) in [5.74, 6) is 0.864. The number of hydrogen-bond acceptors (Lipinski definition) is 2. The molecular formula is C14H12BrN3. The van der Waals surface area contributed by atoms with Gasteiger partial charge in [-0.05, 0) is 65.2 Å². The van der Waals surface area contributed by atoms with Crippen LogP contribution < -0.4 is 0 Å². The summed E-state index contributed by atoms with van der Waals surface area (Å²) in [6, 6.07) is 8.15. The van der Waals surface area contributed by atoms with Crippen molar-refractivity contribution < 1.29 is 0 Å². The number of aryl methyl sites for hydroxylation is 2. The third-order valence-corrected chi connectivity index (χ3v) is 3.75. The number of fused-ring (bicyclic) bond motifs is 1. The largest absolute Gasteiger partial charge is 0.282 e. The van der Waals surface area contributed by atoms with Gasteiger partial charge in [0.25, 0.3) is 0 Å². The third kappa shape index (κ3) is 1.73. The Morgan fingerprint density at radius 3 is 2.67 bits per heavy atom. The minimum atomic E-state index is 0.864. The number of pyridine rings is 1. The molecule has 1 aromatic carbocycles. The lowest BCUT2D eigenvalue weighted by Gasteiger charge is -2.06. The van der Waals surface area contributed by atoms with Crippen molar-refractivity contribution in [2.75, 3.05) is 0 Å². The van der Waals surface area contributed by atoms with Crippen LogP contribution in [-0.2, 0) is 0 Å². The normalized spacial score (nSPS) is 11.1. The summed E-state index contributed by atoms with van der Waals surface area (Å²) < 4.78 is 2.97. The molecule has 0 unspecified atom stereocenters. The van der Waals surface area contributed by atoms with Crippen LogP contribution in [-0.4, -0.2) is 14.5 Å². The molecule has 2 heterocycles. The minimum absolute atomic E-state index is 0.864. The van der Waals surface area contributed by atoms with Crippen LogP contribution in [0, 0.1) is 13.8 Å². The summed E-state index contributed by atoms with van der Waals surface area (Å²) in [6.45, 7) is 4.21. The van der Waals surface area contributed by atoms with E-state index in [4.69, 9.17) is 0 Å². The van der Waals surface area contributed by atoms with Crippen LogP contribution in [0.3, 0.4) is 0 Å². The second kappa shape index (κ2) is 4.21. The molecule has 0 N–H and O–H groups in total. The Bertz CT molecular complexity index is 731. The first-order valence-corrected chi connectivity index (χ1v) is 6.51. The lowest BCUT2D eigenvalue weighted by molar-refractivity contribution is 1.01. The van der Waals surface area contributed by atoms with E-state index in [0.717, 1.165) is 21.3 Å². The molecule has 3 rings (SSSR count). The molecule has 0 fully saturated rings. The second-order valence-electron chi connectivity index (χ2n) is 4.35. The molecule has 0 radical (unpaired) electrons. The zero-order valence-corrected chi connectivity index (χ0v) is 11.8. The Balaban J connectivity index is 2.31. The summed E-state index contributed by atoms with van der Waals surface area (Å²) in [5, 5.41) is 0. The predicted molar refractivity (Wildman–Crippen MR) is 76.0 cm³/mol. The quantitative estimate of drug-likeness (QED) is 0.684. The fourth-order valence-electron chi connectivity index (χ4n) is 1.99. The van der Waals surface area contributed by atoms with Crippen molar-refractivity contribution in [3.05, 3.63) is 52.4 Å². The summed E-state index contributed by atoms with van der Waals surface area (Å²) in [7, 11) is 0. The highest BCUT2D eigenvalue weighted by atomic mass is 79.9. The molecule has 0 bridgehead atoms. The van der Waals surface area contributed by atoms with Crippen molar-refractivity contribution in [2.45, 2.75) is 13.8 Å². The highest BCUT2D eigenvalue weighted by molar-refractivity contribution is 9.10. The molecule has 0 aliphatic rings. The monoisotopic (exact) mass is 301 g/mol. The van der Waals surface area contributed by atoms with E-state index in [9.17, 15) is 0 Å². The zero-order chi connectivity index (χ0) is 12.7. The van der Waals surface area contributed by atoms with E-state index in [2.05, 4.69) is 51.9 Å². The van der Waals surface area contributed by atoms with E-state index in [1.165, 1.54) is 11.1 Å². The van der Waals surface area contributed by atoms with Crippen LogP contribution in [0.5, 0.6) is 0 Å². The van der Waals surface area contributed by atoms with Gasteiger partial charge in [0, 0.05) is 6.20 Å². The van der Waals surface area contributed by atoms with Gasteiger partial charge in [-0.2, -0.15) is 0 Å². The van der Waals surface area contributed by atoms with Crippen molar-refractivity contribution in [1.82, 2.24) is 14.5 Å². The molecule has 0 amide bonds. The summed E-state index contributed by atoms with van der Waals surface area (Å²) in [5.41, 5.74) is 4.59. The van der Waals surface area contributed by atoms with Gasteiger partial charge >= 0.3 is 0 Å². The first kappa shape index (κ1) is 11.4. The standard InChI is InChI=1S/C14H12BrN3/c1-9-6-12-13(7-10(9)2)18(8-17-12)14-11(15)4-3-5-16-14/h3-8H,1-2H3. The zero-order valence-electron chi connectivity index (χ0n) is 10.2.